The fourth-order valence-electron chi connectivity index (χ4n) is 1.58. The molecule has 1 aliphatic heterocycles. The van der Waals surface area contributed by atoms with Crippen LogP contribution in [0.15, 0.2) is 24.3 Å². The Kier molecular flexibility index (Phi) is 2.54. The van der Waals surface area contributed by atoms with Gasteiger partial charge in [0.25, 0.3) is 0 Å². The van der Waals surface area contributed by atoms with Gasteiger partial charge in [-0.2, -0.15) is 0 Å². The molecule has 0 unspecified atom stereocenters. The Morgan fingerprint density at radius 1 is 1.50 bits per heavy atom. The fraction of sp³-hybridized carbons (Fsp3) is 0.455. The summed E-state index contributed by atoms with van der Waals surface area (Å²) in [5, 5.41) is 10.0. The summed E-state index contributed by atoms with van der Waals surface area (Å²) in [6.07, 6.45) is 0. The van der Waals surface area contributed by atoms with Gasteiger partial charge in [-0.15, -0.1) is 0 Å². The third-order valence-corrected chi connectivity index (χ3v) is 2.46. The van der Waals surface area contributed by atoms with E-state index in [-0.39, 0.29) is 0 Å². The van der Waals surface area contributed by atoms with Crippen molar-refractivity contribution in [1.29, 1.82) is 0 Å². The zero-order valence-electron chi connectivity index (χ0n) is 8.19. The van der Waals surface area contributed by atoms with Gasteiger partial charge in [0.05, 0.1) is 19.8 Å². The van der Waals surface area contributed by atoms with Gasteiger partial charge >= 0.3 is 0 Å². The Morgan fingerprint density at radius 2 is 2.29 bits per heavy atom. The summed E-state index contributed by atoms with van der Waals surface area (Å²) in [4.78, 5) is 0. The molecule has 0 radical (unpaired) electrons. The third kappa shape index (κ3) is 1.66. The van der Waals surface area contributed by atoms with Crippen molar-refractivity contribution in [3.05, 3.63) is 35.4 Å². The lowest BCUT2D eigenvalue weighted by Gasteiger charge is -2.36. The number of hydrogen-bond acceptors (Lipinski definition) is 3. The van der Waals surface area contributed by atoms with E-state index in [1.807, 2.05) is 24.3 Å². The second kappa shape index (κ2) is 3.69. The monoisotopic (exact) mass is 194 g/mol. The molecule has 76 valence electrons. The lowest BCUT2D eigenvalue weighted by Crippen LogP contribution is -2.46. The predicted octanol–water partition coefficient (Wildman–Crippen LogP) is 1.05. The standard InChI is InChI=1S/C11H14O3/c1-13-6-9-3-2-4-10(5-9)11(12)7-14-8-11/h2-5,12H,6-8H2,1H3. The molecular formula is C11H14O3. The molecule has 14 heavy (non-hydrogen) atoms. The average Bonchev–Trinajstić information content (AvgIpc) is 2.15. The number of ether oxygens (including phenoxy) is 2. The maximum absolute atomic E-state index is 10.0. The minimum Gasteiger partial charge on any atom is -0.380 e. The molecule has 0 aromatic heterocycles. The number of aliphatic hydroxyl groups is 1. The van der Waals surface area contributed by atoms with Crippen molar-refractivity contribution in [2.75, 3.05) is 20.3 Å². The van der Waals surface area contributed by atoms with Crippen LogP contribution in [0.5, 0.6) is 0 Å². The van der Waals surface area contributed by atoms with Crippen molar-refractivity contribution in [3.63, 3.8) is 0 Å². The first kappa shape index (κ1) is 9.65. The zero-order valence-corrected chi connectivity index (χ0v) is 8.19. The number of benzene rings is 1. The van der Waals surface area contributed by atoms with Gasteiger partial charge in [0.2, 0.25) is 0 Å². The lowest BCUT2D eigenvalue weighted by atomic mass is 9.91. The first-order valence-corrected chi connectivity index (χ1v) is 4.63. The quantitative estimate of drug-likeness (QED) is 0.781. The van der Waals surface area contributed by atoms with Gasteiger partial charge in [-0.05, 0) is 11.1 Å². The molecule has 1 fully saturated rings. The maximum atomic E-state index is 10.0. The summed E-state index contributed by atoms with van der Waals surface area (Å²) >= 11 is 0. The molecule has 0 spiro atoms. The van der Waals surface area contributed by atoms with Gasteiger partial charge in [0.1, 0.15) is 5.60 Å². The summed E-state index contributed by atoms with van der Waals surface area (Å²) in [5.41, 5.74) is 1.22. The Balaban J connectivity index is 2.21. The molecule has 1 aromatic carbocycles. The number of rotatable bonds is 3. The van der Waals surface area contributed by atoms with Gasteiger partial charge in [0.15, 0.2) is 0 Å². The Bertz CT molecular complexity index is 318. The zero-order chi connectivity index (χ0) is 10.0. The van der Waals surface area contributed by atoms with E-state index >= 15 is 0 Å². The molecule has 1 aromatic rings. The summed E-state index contributed by atoms with van der Waals surface area (Å²) < 4.78 is 10.0. The van der Waals surface area contributed by atoms with Crippen molar-refractivity contribution in [1.82, 2.24) is 0 Å². The summed E-state index contributed by atoms with van der Waals surface area (Å²) in [6, 6.07) is 7.80. The van der Waals surface area contributed by atoms with E-state index in [0.29, 0.717) is 19.8 Å². The van der Waals surface area contributed by atoms with Crippen LogP contribution in [0.2, 0.25) is 0 Å². The van der Waals surface area contributed by atoms with Crippen LogP contribution < -0.4 is 0 Å². The average molecular weight is 194 g/mol. The molecule has 1 saturated heterocycles. The SMILES string of the molecule is COCc1cccc(C2(O)COC2)c1. The number of hydrogen-bond donors (Lipinski definition) is 1. The Labute approximate surface area is 83.3 Å². The first-order chi connectivity index (χ1) is 6.74. The smallest absolute Gasteiger partial charge is 0.136 e. The second-order valence-corrected chi connectivity index (χ2v) is 3.66. The molecule has 1 aliphatic rings. The normalized spacial score (nSPS) is 19.0. The minimum atomic E-state index is -0.774. The molecule has 0 bridgehead atoms. The first-order valence-electron chi connectivity index (χ1n) is 4.63. The van der Waals surface area contributed by atoms with Gasteiger partial charge in [-0.25, -0.2) is 0 Å². The van der Waals surface area contributed by atoms with Crippen molar-refractivity contribution in [2.45, 2.75) is 12.2 Å². The van der Waals surface area contributed by atoms with Crippen LogP contribution in [-0.4, -0.2) is 25.4 Å². The van der Waals surface area contributed by atoms with E-state index in [0.717, 1.165) is 11.1 Å². The summed E-state index contributed by atoms with van der Waals surface area (Å²) in [5.74, 6) is 0. The summed E-state index contributed by atoms with van der Waals surface area (Å²) in [6.45, 7) is 1.36. The highest BCUT2D eigenvalue weighted by atomic mass is 16.5. The molecule has 3 heteroatoms. The Morgan fingerprint density at radius 3 is 2.86 bits per heavy atom. The van der Waals surface area contributed by atoms with Crippen LogP contribution >= 0.6 is 0 Å². The van der Waals surface area contributed by atoms with E-state index < -0.39 is 5.60 Å². The van der Waals surface area contributed by atoms with Crippen LogP contribution in [0.25, 0.3) is 0 Å². The second-order valence-electron chi connectivity index (χ2n) is 3.66. The van der Waals surface area contributed by atoms with Crippen LogP contribution in [-0.2, 0) is 21.7 Å². The van der Waals surface area contributed by atoms with Crippen LogP contribution in [0.3, 0.4) is 0 Å². The maximum Gasteiger partial charge on any atom is 0.136 e. The van der Waals surface area contributed by atoms with E-state index in [9.17, 15) is 5.11 Å². The Hall–Kier alpha value is -0.900. The minimum absolute atomic E-state index is 0.392. The van der Waals surface area contributed by atoms with Crippen molar-refractivity contribution >= 4 is 0 Å². The van der Waals surface area contributed by atoms with E-state index in [1.54, 1.807) is 7.11 Å². The van der Waals surface area contributed by atoms with Crippen LogP contribution in [0.4, 0.5) is 0 Å². The highest BCUT2D eigenvalue weighted by Crippen LogP contribution is 2.29. The van der Waals surface area contributed by atoms with Crippen molar-refractivity contribution in [3.8, 4) is 0 Å². The van der Waals surface area contributed by atoms with Gasteiger partial charge in [-0.1, -0.05) is 24.3 Å². The molecule has 0 amide bonds. The topological polar surface area (TPSA) is 38.7 Å². The summed E-state index contributed by atoms with van der Waals surface area (Å²) in [7, 11) is 1.66. The van der Waals surface area contributed by atoms with Crippen molar-refractivity contribution in [2.24, 2.45) is 0 Å². The number of methoxy groups -OCH3 is 1. The predicted molar refractivity (Wildman–Crippen MR) is 51.9 cm³/mol. The molecule has 3 nitrogen and oxygen atoms in total. The highest BCUT2D eigenvalue weighted by Gasteiger charge is 2.37. The molecule has 1 N–H and O–H groups in total. The molecular weight excluding hydrogens is 180 g/mol. The van der Waals surface area contributed by atoms with Crippen LogP contribution in [0, 0.1) is 0 Å². The van der Waals surface area contributed by atoms with E-state index in [1.165, 1.54) is 0 Å². The van der Waals surface area contributed by atoms with E-state index in [4.69, 9.17) is 9.47 Å². The molecule has 1 heterocycles. The van der Waals surface area contributed by atoms with E-state index in [2.05, 4.69) is 0 Å². The van der Waals surface area contributed by atoms with Gasteiger partial charge in [-0.3, -0.25) is 0 Å². The highest BCUT2D eigenvalue weighted by molar-refractivity contribution is 5.29. The largest absolute Gasteiger partial charge is 0.380 e. The van der Waals surface area contributed by atoms with Gasteiger partial charge < -0.3 is 14.6 Å². The lowest BCUT2D eigenvalue weighted by molar-refractivity contribution is -0.184. The molecule has 0 saturated carbocycles. The molecule has 2 rings (SSSR count). The van der Waals surface area contributed by atoms with Gasteiger partial charge in [0, 0.05) is 7.11 Å². The van der Waals surface area contributed by atoms with Crippen molar-refractivity contribution < 1.29 is 14.6 Å². The molecule has 0 atom stereocenters. The molecule has 0 aliphatic carbocycles. The third-order valence-electron chi connectivity index (χ3n) is 2.46. The van der Waals surface area contributed by atoms with Crippen LogP contribution in [0.1, 0.15) is 11.1 Å². The fourth-order valence-corrected chi connectivity index (χ4v) is 1.58.